The summed E-state index contributed by atoms with van der Waals surface area (Å²) < 4.78 is 24.9. The SMILES string of the molecule is CC(C)(C)OC(=O)N1CCC(Cn2nc(-c3ccc(F)cc3)oc2=O)CC1. The molecule has 8 heteroatoms. The van der Waals surface area contributed by atoms with E-state index in [4.69, 9.17) is 9.15 Å². The number of hydrogen-bond acceptors (Lipinski definition) is 5. The van der Waals surface area contributed by atoms with Gasteiger partial charge in [0.25, 0.3) is 0 Å². The fourth-order valence-corrected chi connectivity index (χ4v) is 3.00. The Kier molecular flexibility index (Phi) is 5.34. The first-order valence-corrected chi connectivity index (χ1v) is 9.03. The Labute approximate surface area is 156 Å². The third-order valence-corrected chi connectivity index (χ3v) is 4.39. The van der Waals surface area contributed by atoms with E-state index < -0.39 is 11.4 Å². The van der Waals surface area contributed by atoms with Gasteiger partial charge in [0, 0.05) is 18.7 Å². The van der Waals surface area contributed by atoms with E-state index in [0.717, 1.165) is 12.8 Å². The maximum Gasteiger partial charge on any atom is 0.437 e. The number of aromatic nitrogens is 2. The molecule has 0 radical (unpaired) electrons. The predicted octanol–water partition coefficient (Wildman–Crippen LogP) is 3.29. The molecule has 1 aliphatic rings. The first kappa shape index (κ1) is 19.1. The first-order chi connectivity index (χ1) is 12.7. The Bertz CT molecular complexity index is 843. The van der Waals surface area contributed by atoms with Crippen LogP contribution in [0.1, 0.15) is 33.6 Å². The Morgan fingerprint density at radius 2 is 1.89 bits per heavy atom. The van der Waals surface area contributed by atoms with Crippen molar-refractivity contribution >= 4 is 6.09 Å². The molecule has 1 aliphatic heterocycles. The third-order valence-electron chi connectivity index (χ3n) is 4.39. The molecule has 0 saturated carbocycles. The van der Waals surface area contributed by atoms with E-state index in [2.05, 4.69) is 5.10 Å². The number of carbonyl (C=O) groups excluding carboxylic acids is 1. The largest absolute Gasteiger partial charge is 0.444 e. The molecule has 1 saturated heterocycles. The number of piperidine rings is 1. The zero-order chi connectivity index (χ0) is 19.6. The van der Waals surface area contributed by atoms with E-state index in [1.165, 1.54) is 28.9 Å². The van der Waals surface area contributed by atoms with E-state index >= 15 is 0 Å². The summed E-state index contributed by atoms with van der Waals surface area (Å²) >= 11 is 0. The van der Waals surface area contributed by atoms with Crippen LogP contribution in [0, 0.1) is 11.7 Å². The zero-order valence-corrected chi connectivity index (χ0v) is 15.8. The van der Waals surface area contributed by atoms with Crippen molar-refractivity contribution in [3.05, 3.63) is 40.6 Å². The highest BCUT2D eigenvalue weighted by Crippen LogP contribution is 2.21. The van der Waals surface area contributed by atoms with Crippen LogP contribution in [0.4, 0.5) is 9.18 Å². The number of halogens is 1. The summed E-state index contributed by atoms with van der Waals surface area (Å²) in [6.07, 6.45) is 1.20. The molecule has 0 atom stereocenters. The second-order valence-corrected chi connectivity index (χ2v) is 7.77. The summed E-state index contributed by atoms with van der Waals surface area (Å²) in [6, 6.07) is 5.62. The van der Waals surface area contributed by atoms with Crippen molar-refractivity contribution in [3.63, 3.8) is 0 Å². The lowest BCUT2D eigenvalue weighted by molar-refractivity contribution is 0.0176. The van der Waals surface area contributed by atoms with E-state index in [1.807, 2.05) is 20.8 Å². The number of ether oxygens (including phenoxy) is 1. The van der Waals surface area contributed by atoms with Gasteiger partial charge in [-0.25, -0.2) is 14.0 Å². The number of nitrogens with zero attached hydrogens (tertiary/aromatic N) is 3. The van der Waals surface area contributed by atoms with Crippen LogP contribution in [0.5, 0.6) is 0 Å². The minimum atomic E-state index is -0.538. The van der Waals surface area contributed by atoms with Gasteiger partial charge in [0.2, 0.25) is 5.89 Å². The maximum absolute atomic E-state index is 13.0. The summed E-state index contributed by atoms with van der Waals surface area (Å²) in [5, 5.41) is 4.22. The van der Waals surface area contributed by atoms with Gasteiger partial charge < -0.3 is 14.1 Å². The summed E-state index contributed by atoms with van der Waals surface area (Å²) in [5.74, 6) is -0.514. The van der Waals surface area contributed by atoms with Crippen LogP contribution in [0.3, 0.4) is 0 Å². The average Bonchev–Trinajstić information content (AvgIpc) is 2.95. The molecule has 2 heterocycles. The number of carbonyl (C=O) groups is 1. The standard InChI is InChI=1S/C19H24FN3O4/c1-19(2,3)27-17(24)22-10-8-13(9-11-22)12-23-18(25)26-16(21-23)14-4-6-15(20)7-5-14/h4-7,13H,8-12H2,1-3H3. The van der Waals surface area contributed by atoms with Crippen LogP contribution in [0.15, 0.2) is 33.5 Å². The monoisotopic (exact) mass is 377 g/mol. The molecule has 0 unspecified atom stereocenters. The number of likely N-dealkylation sites (tertiary alicyclic amines) is 1. The van der Waals surface area contributed by atoms with Crippen LogP contribution in [-0.2, 0) is 11.3 Å². The lowest BCUT2D eigenvalue weighted by Gasteiger charge is -2.33. The molecule has 1 amide bonds. The molecular formula is C19H24FN3O4. The van der Waals surface area contributed by atoms with Crippen molar-refractivity contribution < 1.29 is 18.3 Å². The van der Waals surface area contributed by atoms with Crippen LogP contribution in [0.25, 0.3) is 11.5 Å². The van der Waals surface area contributed by atoms with Crippen molar-refractivity contribution in [3.8, 4) is 11.5 Å². The van der Waals surface area contributed by atoms with E-state index in [9.17, 15) is 14.0 Å². The zero-order valence-electron chi connectivity index (χ0n) is 15.8. The van der Waals surface area contributed by atoms with Gasteiger partial charge in [0.15, 0.2) is 0 Å². The minimum absolute atomic E-state index is 0.172. The summed E-state index contributed by atoms with van der Waals surface area (Å²) in [4.78, 5) is 25.9. The van der Waals surface area contributed by atoms with E-state index in [1.54, 1.807) is 4.90 Å². The number of hydrogen-bond donors (Lipinski definition) is 0. The smallest absolute Gasteiger partial charge is 0.437 e. The molecule has 27 heavy (non-hydrogen) atoms. The average molecular weight is 377 g/mol. The highest BCUT2D eigenvalue weighted by Gasteiger charge is 2.27. The van der Waals surface area contributed by atoms with Crippen LogP contribution in [-0.4, -0.2) is 39.5 Å². The molecule has 3 rings (SSSR count). The lowest BCUT2D eigenvalue weighted by atomic mass is 9.97. The normalized spacial score (nSPS) is 15.8. The van der Waals surface area contributed by atoms with Gasteiger partial charge in [-0.05, 0) is 63.8 Å². The molecule has 146 valence electrons. The predicted molar refractivity (Wildman–Crippen MR) is 96.7 cm³/mol. The highest BCUT2D eigenvalue weighted by atomic mass is 19.1. The first-order valence-electron chi connectivity index (χ1n) is 9.03. The summed E-state index contributed by atoms with van der Waals surface area (Å²) in [5.41, 5.74) is 0.0330. The number of benzene rings is 1. The Morgan fingerprint density at radius 3 is 2.48 bits per heavy atom. The highest BCUT2D eigenvalue weighted by molar-refractivity contribution is 5.68. The number of amides is 1. The second-order valence-electron chi connectivity index (χ2n) is 7.77. The molecule has 1 fully saturated rings. The lowest BCUT2D eigenvalue weighted by Crippen LogP contribution is -2.42. The fraction of sp³-hybridized carbons (Fsp3) is 0.526. The quantitative estimate of drug-likeness (QED) is 0.820. The third kappa shape index (κ3) is 4.96. The molecule has 7 nitrogen and oxygen atoms in total. The Morgan fingerprint density at radius 1 is 1.26 bits per heavy atom. The molecule has 2 aromatic rings. The van der Waals surface area contributed by atoms with Gasteiger partial charge in [-0.1, -0.05) is 0 Å². The van der Waals surface area contributed by atoms with Crippen LogP contribution in [0.2, 0.25) is 0 Å². The Balaban J connectivity index is 1.59. The molecule has 0 bridgehead atoms. The summed E-state index contributed by atoms with van der Waals surface area (Å²) in [7, 11) is 0. The molecule has 0 N–H and O–H groups in total. The van der Waals surface area contributed by atoms with E-state index in [-0.39, 0.29) is 23.7 Å². The summed E-state index contributed by atoms with van der Waals surface area (Å²) in [6.45, 7) is 7.10. The van der Waals surface area contributed by atoms with Crippen molar-refractivity contribution in [2.45, 2.75) is 45.8 Å². The molecule has 1 aromatic carbocycles. The molecule has 1 aromatic heterocycles. The van der Waals surface area contributed by atoms with Crippen molar-refractivity contribution in [2.75, 3.05) is 13.1 Å². The van der Waals surface area contributed by atoms with Crippen LogP contribution < -0.4 is 5.76 Å². The maximum atomic E-state index is 13.0. The Hall–Kier alpha value is -2.64. The van der Waals surface area contributed by atoms with Gasteiger partial charge in [0.05, 0.1) is 6.54 Å². The van der Waals surface area contributed by atoms with Crippen molar-refractivity contribution in [2.24, 2.45) is 5.92 Å². The minimum Gasteiger partial charge on any atom is -0.444 e. The second kappa shape index (κ2) is 7.54. The van der Waals surface area contributed by atoms with Crippen molar-refractivity contribution in [1.29, 1.82) is 0 Å². The van der Waals surface area contributed by atoms with Gasteiger partial charge in [-0.15, -0.1) is 5.10 Å². The fourth-order valence-electron chi connectivity index (χ4n) is 3.00. The van der Waals surface area contributed by atoms with E-state index in [0.29, 0.717) is 25.2 Å². The van der Waals surface area contributed by atoms with Gasteiger partial charge >= 0.3 is 11.8 Å². The van der Waals surface area contributed by atoms with Gasteiger partial charge in [0.1, 0.15) is 11.4 Å². The van der Waals surface area contributed by atoms with Gasteiger partial charge in [-0.3, -0.25) is 0 Å². The van der Waals surface area contributed by atoms with Gasteiger partial charge in [-0.2, -0.15) is 4.68 Å². The molecular weight excluding hydrogens is 353 g/mol. The number of rotatable bonds is 3. The molecule has 0 aliphatic carbocycles. The van der Waals surface area contributed by atoms with Crippen molar-refractivity contribution in [1.82, 2.24) is 14.7 Å². The van der Waals surface area contributed by atoms with Crippen LogP contribution >= 0.6 is 0 Å². The molecule has 0 spiro atoms. The topological polar surface area (TPSA) is 77.6 Å².